The Morgan fingerprint density at radius 3 is 3.00 bits per heavy atom. The van der Waals surface area contributed by atoms with Gasteiger partial charge in [0.05, 0.1) is 17.7 Å². The van der Waals surface area contributed by atoms with Gasteiger partial charge in [-0.05, 0) is 24.6 Å². The Kier molecular flexibility index (Phi) is 3.10. The molecular weight excluding hydrogens is 200 g/mol. The number of imidazole rings is 1. The van der Waals surface area contributed by atoms with Crippen LogP contribution in [0, 0.1) is 6.92 Å². The fourth-order valence-corrected chi connectivity index (χ4v) is 1.60. The summed E-state index contributed by atoms with van der Waals surface area (Å²) in [7, 11) is 0. The quantitative estimate of drug-likeness (QED) is 0.684. The summed E-state index contributed by atoms with van der Waals surface area (Å²) in [6.45, 7) is 2.88. The lowest BCUT2D eigenvalue weighted by Crippen LogP contribution is -2.07. The second-order valence-electron chi connectivity index (χ2n) is 3.84. The van der Waals surface area contributed by atoms with Gasteiger partial charge >= 0.3 is 0 Å². The maximum atomic E-state index is 5.90. The number of rotatable bonds is 4. The van der Waals surface area contributed by atoms with Crippen LogP contribution in [0.2, 0.25) is 0 Å². The van der Waals surface area contributed by atoms with Crippen molar-refractivity contribution in [3.05, 3.63) is 42.0 Å². The summed E-state index contributed by atoms with van der Waals surface area (Å²) in [6, 6.07) is 6.03. The number of nitrogens with zero attached hydrogens (tertiary/aromatic N) is 1. The molecule has 4 N–H and O–H groups in total. The van der Waals surface area contributed by atoms with Crippen molar-refractivity contribution in [1.82, 2.24) is 9.97 Å². The highest BCUT2D eigenvalue weighted by atomic mass is 14.9. The van der Waals surface area contributed by atoms with Crippen molar-refractivity contribution < 1.29 is 0 Å². The van der Waals surface area contributed by atoms with Crippen LogP contribution in [0.3, 0.4) is 0 Å². The molecule has 2 rings (SSSR count). The molecule has 0 aliphatic carbocycles. The topological polar surface area (TPSA) is 66.7 Å². The molecule has 0 fully saturated rings. The minimum absolute atomic E-state index is 0.796. The second kappa shape index (κ2) is 4.70. The molecule has 2 aromatic rings. The summed E-state index contributed by atoms with van der Waals surface area (Å²) in [5.41, 5.74) is 9.99. The Balaban J connectivity index is 1.90. The van der Waals surface area contributed by atoms with Crippen LogP contribution in [0.1, 0.15) is 11.3 Å². The molecule has 0 spiro atoms. The number of nitrogens with one attached hydrogen (secondary N) is 2. The maximum Gasteiger partial charge on any atom is 0.0921 e. The normalized spacial score (nSPS) is 10.3. The first-order valence-corrected chi connectivity index (χ1v) is 5.33. The molecular formula is C12H16N4. The molecule has 0 saturated carbocycles. The van der Waals surface area contributed by atoms with Crippen LogP contribution in [-0.2, 0) is 6.42 Å². The van der Waals surface area contributed by atoms with Gasteiger partial charge in [0.25, 0.3) is 0 Å². The predicted octanol–water partition coefficient (Wildman–Crippen LogP) is 1.95. The largest absolute Gasteiger partial charge is 0.397 e. The van der Waals surface area contributed by atoms with Gasteiger partial charge in [-0.1, -0.05) is 6.07 Å². The Hall–Kier alpha value is -1.97. The SMILES string of the molecule is Cc1ccc(NCCc2cnc[nH]2)c(N)c1. The van der Waals surface area contributed by atoms with Crippen LogP contribution in [-0.4, -0.2) is 16.5 Å². The monoisotopic (exact) mass is 216 g/mol. The first-order valence-electron chi connectivity index (χ1n) is 5.33. The number of aryl methyl sites for hydroxylation is 1. The van der Waals surface area contributed by atoms with Gasteiger partial charge < -0.3 is 16.0 Å². The fourth-order valence-electron chi connectivity index (χ4n) is 1.60. The molecule has 0 unspecified atom stereocenters. The second-order valence-corrected chi connectivity index (χ2v) is 3.84. The molecule has 0 radical (unpaired) electrons. The van der Waals surface area contributed by atoms with E-state index in [9.17, 15) is 0 Å². The summed E-state index contributed by atoms with van der Waals surface area (Å²) in [5, 5.41) is 3.31. The van der Waals surface area contributed by atoms with E-state index < -0.39 is 0 Å². The molecule has 1 aromatic carbocycles. The lowest BCUT2D eigenvalue weighted by atomic mass is 10.2. The van der Waals surface area contributed by atoms with Crippen molar-refractivity contribution >= 4 is 11.4 Å². The van der Waals surface area contributed by atoms with Crippen LogP contribution < -0.4 is 11.1 Å². The van der Waals surface area contributed by atoms with E-state index in [4.69, 9.17) is 5.73 Å². The van der Waals surface area contributed by atoms with E-state index >= 15 is 0 Å². The molecule has 0 bridgehead atoms. The van der Waals surface area contributed by atoms with Crippen LogP contribution in [0.5, 0.6) is 0 Å². The van der Waals surface area contributed by atoms with Crippen LogP contribution in [0.4, 0.5) is 11.4 Å². The molecule has 0 aliphatic heterocycles. The van der Waals surface area contributed by atoms with Crippen molar-refractivity contribution in [3.8, 4) is 0 Å². The average molecular weight is 216 g/mol. The molecule has 16 heavy (non-hydrogen) atoms. The molecule has 0 aliphatic rings. The molecule has 84 valence electrons. The highest BCUT2D eigenvalue weighted by Gasteiger charge is 1.99. The standard InChI is InChI=1S/C12H16N4/c1-9-2-3-12(11(13)6-9)15-5-4-10-7-14-8-16-10/h2-3,6-8,15H,4-5,13H2,1H3,(H,14,16). The highest BCUT2D eigenvalue weighted by Crippen LogP contribution is 2.19. The van der Waals surface area contributed by atoms with Crippen LogP contribution >= 0.6 is 0 Å². The van der Waals surface area contributed by atoms with Crippen molar-refractivity contribution in [2.45, 2.75) is 13.3 Å². The van der Waals surface area contributed by atoms with E-state index in [0.29, 0.717) is 0 Å². The molecule has 4 nitrogen and oxygen atoms in total. The minimum atomic E-state index is 0.796. The van der Waals surface area contributed by atoms with Crippen LogP contribution in [0.15, 0.2) is 30.7 Å². The minimum Gasteiger partial charge on any atom is -0.397 e. The number of H-pyrrole nitrogens is 1. The predicted molar refractivity (Wildman–Crippen MR) is 66.4 cm³/mol. The van der Waals surface area contributed by atoms with Crippen molar-refractivity contribution in [2.75, 3.05) is 17.6 Å². The molecule has 0 saturated heterocycles. The Morgan fingerprint density at radius 2 is 2.31 bits per heavy atom. The number of benzene rings is 1. The number of nitrogen functional groups attached to an aromatic ring is 1. The highest BCUT2D eigenvalue weighted by molar-refractivity contribution is 5.66. The van der Waals surface area contributed by atoms with Gasteiger partial charge in [0.15, 0.2) is 0 Å². The number of hydrogen-bond donors (Lipinski definition) is 3. The van der Waals surface area contributed by atoms with E-state index in [0.717, 1.165) is 30.0 Å². The lowest BCUT2D eigenvalue weighted by Gasteiger charge is -2.09. The molecule has 0 amide bonds. The molecule has 0 atom stereocenters. The van der Waals surface area contributed by atoms with Gasteiger partial charge in [0.2, 0.25) is 0 Å². The molecule has 1 heterocycles. The van der Waals surface area contributed by atoms with Gasteiger partial charge in [-0.15, -0.1) is 0 Å². The smallest absolute Gasteiger partial charge is 0.0921 e. The third-order valence-corrected chi connectivity index (χ3v) is 2.47. The van der Waals surface area contributed by atoms with E-state index in [2.05, 4.69) is 21.4 Å². The Morgan fingerprint density at radius 1 is 1.44 bits per heavy atom. The van der Waals surface area contributed by atoms with Gasteiger partial charge in [-0.3, -0.25) is 0 Å². The maximum absolute atomic E-state index is 5.90. The van der Waals surface area contributed by atoms with Gasteiger partial charge in [-0.2, -0.15) is 0 Å². The van der Waals surface area contributed by atoms with Crippen molar-refractivity contribution in [3.63, 3.8) is 0 Å². The number of aromatic amines is 1. The van der Waals surface area contributed by atoms with Gasteiger partial charge in [0, 0.05) is 24.9 Å². The van der Waals surface area contributed by atoms with Crippen molar-refractivity contribution in [2.24, 2.45) is 0 Å². The van der Waals surface area contributed by atoms with E-state index in [1.165, 1.54) is 5.56 Å². The fraction of sp³-hybridized carbons (Fsp3) is 0.250. The zero-order valence-electron chi connectivity index (χ0n) is 9.33. The van der Waals surface area contributed by atoms with Crippen LogP contribution in [0.25, 0.3) is 0 Å². The number of anilines is 2. The summed E-state index contributed by atoms with van der Waals surface area (Å²) >= 11 is 0. The van der Waals surface area contributed by atoms with E-state index in [-0.39, 0.29) is 0 Å². The van der Waals surface area contributed by atoms with E-state index in [1.54, 1.807) is 6.33 Å². The van der Waals surface area contributed by atoms with E-state index in [1.807, 2.05) is 25.3 Å². The molecule has 1 aromatic heterocycles. The first-order chi connectivity index (χ1) is 7.75. The third kappa shape index (κ3) is 2.53. The summed E-state index contributed by atoms with van der Waals surface area (Å²) in [4.78, 5) is 7.03. The summed E-state index contributed by atoms with van der Waals surface area (Å²) in [6.07, 6.45) is 4.43. The Bertz CT molecular complexity index is 448. The third-order valence-electron chi connectivity index (χ3n) is 2.47. The molecule has 4 heteroatoms. The summed E-state index contributed by atoms with van der Waals surface area (Å²) in [5.74, 6) is 0. The average Bonchev–Trinajstić information content (AvgIpc) is 2.74. The lowest BCUT2D eigenvalue weighted by molar-refractivity contribution is 0.977. The summed E-state index contributed by atoms with van der Waals surface area (Å²) < 4.78 is 0. The van der Waals surface area contributed by atoms with Gasteiger partial charge in [-0.25, -0.2) is 4.98 Å². The number of nitrogens with two attached hydrogens (primary N) is 1. The Labute approximate surface area is 94.9 Å². The first kappa shape index (κ1) is 10.5. The zero-order chi connectivity index (χ0) is 11.4. The zero-order valence-corrected chi connectivity index (χ0v) is 9.33. The number of aromatic nitrogens is 2. The number of hydrogen-bond acceptors (Lipinski definition) is 3. The van der Waals surface area contributed by atoms with Crippen molar-refractivity contribution in [1.29, 1.82) is 0 Å². The van der Waals surface area contributed by atoms with Gasteiger partial charge in [0.1, 0.15) is 0 Å².